The number of hydrogen-bond donors (Lipinski definition) is 0. The number of rotatable bonds is 4. The van der Waals surface area contributed by atoms with Crippen LogP contribution in [0.15, 0.2) is 40.7 Å². The quantitative estimate of drug-likeness (QED) is 0.496. The van der Waals surface area contributed by atoms with E-state index in [1.54, 1.807) is 40.3 Å². The fraction of sp³-hybridized carbons (Fsp3) is 0.263. The first-order valence-corrected chi connectivity index (χ1v) is 11.6. The summed E-state index contributed by atoms with van der Waals surface area (Å²) in [4.78, 5) is 32.5. The van der Waals surface area contributed by atoms with Gasteiger partial charge in [-0.3, -0.25) is 4.79 Å². The lowest BCUT2D eigenvalue weighted by Gasteiger charge is -2.35. The average Bonchev–Trinajstić information content (AvgIpc) is 3.48. The van der Waals surface area contributed by atoms with E-state index in [4.69, 9.17) is 0 Å². The van der Waals surface area contributed by atoms with Crippen LogP contribution in [0, 0.1) is 0 Å². The van der Waals surface area contributed by atoms with Crippen LogP contribution in [0.25, 0.3) is 20.1 Å². The largest absolute Gasteiger partial charge is 0.352 e. The van der Waals surface area contributed by atoms with Crippen molar-refractivity contribution in [3.05, 3.63) is 46.4 Å². The molecule has 5 rings (SSSR count). The Kier molecular flexibility index (Phi) is 4.79. The van der Waals surface area contributed by atoms with E-state index in [0.717, 1.165) is 44.7 Å². The molecular formula is C19H17N5OS3. The molecule has 1 fully saturated rings. The van der Waals surface area contributed by atoms with Crippen LogP contribution in [0.2, 0.25) is 0 Å². The minimum Gasteiger partial charge on any atom is -0.352 e. The fourth-order valence-corrected chi connectivity index (χ4v) is 5.73. The van der Waals surface area contributed by atoms with Gasteiger partial charge in [0.05, 0.1) is 22.4 Å². The van der Waals surface area contributed by atoms with Crippen molar-refractivity contribution >= 4 is 56.0 Å². The summed E-state index contributed by atoms with van der Waals surface area (Å²) < 4.78 is 0. The van der Waals surface area contributed by atoms with E-state index in [0.29, 0.717) is 19.5 Å². The molecule has 1 amide bonds. The van der Waals surface area contributed by atoms with Gasteiger partial charge < -0.3 is 9.80 Å². The molecule has 5 heterocycles. The molecule has 9 heteroatoms. The number of aromatic nitrogens is 3. The number of thiophene rings is 2. The second-order valence-electron chi connectivity index (χ2n) is 6.50. The molecule has 0 N–H and O–H groups in total. The van der Waals surface area contributed by atoms with Crippen molar-refractivity contribution in [1.29, 1.82) is 0 Å². The third kappa shape index (κ3) is 3.41. The SMILES string of the molecule is O=C(Cc1csc(-c2cccs2)n1)N1CCN(c2ncnc3sccc23)CC1. The number of fused-ring (bicyclic) bond motifs is 1. The number of hydrogen-bond acceptors (Lipinski definition) is 8. The number of nitrogens with zero attached hydrogens (tertiary/aromatic N) is 5. The molecule has 142 valence electrons. The number of anilines is 1. The number of piperazine rings is 1. The summed E-state index contributed by atoms with van der Waals surface area (Å²) in [7, 11) is 0. The van der Waals surface area contributed by atoms with E-state index in [9.17, 15) is 4.79 Å². The maximum absolute atomic E-state index is 12.7. The Morgan fingerprint density at radius 3 is 2.75 bits per heavy atom. The Morgan fingerprint density at radius 1 is 1.04 bits per heavy atom. The van der Waals surface area contributed by atoms with Gasteiger partial charge in [-0.25, -0.2) is 15.0 Å². The molecule has 28 heavy (non-hydrogen) atoms. The summed E-state index contributed by atoms with van der Waals surface area (Å²) in [6.07, 6.45) is 1.99. The Hall–Kier alpha value is -2.36. The van der Waals surface area contributed by atoms with Crippen molar-refractivity contribution in [3.63, 3.8) is 0 Å². The molecule has 1 aliphatic heterocycles. The summed E-state index contributed by atoms with van der Waals surface area (Å²) in [6.45, 7) is 2.98. The lowest BCUT2D eigenvalue weighted by molar-refractivity contribution is -0.130. The van der Waals surface area contributed by atoms with Crippen molar-refractivity contribution in [2.75, 3.05) is 31.1 Å². The second-order valence-corrected chi connectivity index (χ2v) is 9.20. The van der Waals surface area contributed by atoms with Crippen molar-refractivity contribution in [2.24, 2.45) is 0 Å². The summed E-state index contributed by atoms with van der Waals surface area (Å²) in [5.74, 6) is 1.12. The highest BCUT2D eigenvalue weighted by atomic mass is 32.1. The van der Waals surface area contributed by atoms with Crippen LogP contribution in [0.4, 0.5) is 5.82 Å². The summed E-state index contributed by atoms with van der Waals surface area (Å²) in [5.41, 5.74) is 0.858. The van der Waals surface area contributed by atoms with Crippen LogP contribution in [0.3, 0.4) is 0 Å². The molecule has 4 aromatic rings. The predicted molar refractivity (Wildman–Crippen MR) is 115 cm³/mol. The van der Waals surface area contributed by atoms with Crippen LogP contribution in [0.1, 0.15) is 5.69 Å². The Labute approximate surface area is 174 Å². The Balaban J connectivity index is 1.22. The fourth-order valence-electron chi connectivity index (χ4n) is 3.36. The molecule has 0 saturated carbocycles. The van der Waals surface area contributed by atoms with Crippen molar-refractivity contribution in [1.82, 2.24) is 19.9 Å². The zero-order valence-electron chi connectivity index (χ0n) is 14.9. The molecule has 0 unspecified atom stereocenters. The minimum atomic E-state index is 0.144. The first-order chi connectivity index (χ1) is 13.8. The molecule has 0 atom stereocenters. The molecule has 0 radical (unpaired) electrons. The third-order valence-corrected chi connectivity index (χ3v) is 7.54. The van der Waals surface area contributed by atoms with Gasteiger partial charge >= 0.3 is 0 Å². The highest BCUT2D eigenvalue weighted by Gasteiger charge is 2.24. The van der Waals surface area contributed by atoms with Gasteiger partial charge in [0.1, 0.15) is 22.0 Å². The summed E-state index contributed by atoms with van der Waals surface area (Å²) in [5, 5.41) is 8.17. The molecule has 0 bridgehead atoms. The Morgan fingerprint density at radius 2 is 1.93 bits per heavy atom. The molecule has 0 spiro atoms. The third-order valence-electron chi connectivity index (χ3n) is 4.79. The Bertz CT molecular complexity index is 1100. The molecular weight excluding hydrogens is 410 g/mol. The van der Waals surface area contributed by atoms with E-state index >= 15 is 0 Å². The lowest BCUT2D eigenvalue weighted by atomic mass is 10.2. The van der Waals surface area contributed by atoms with E-state index in [1.807, 2.05) is 27.1 Å². The van der Waals surface area contributed by atoms with Gasteiger partial charge in [-0.05, 0) is 22.9 Å². The van der Waals surface area contributed by atoms with Crippen LogP contribution in [-0.4, -0.2) is 51.9 Å². The second kappa shape index (κ2) is 7.57. The van der Waals surface area contributed by atoms with E-state index in [1.165, 1.54) is 0 Å². The number of thiazole rings is 1. The van der Waals surface area contributed by atoms with Crippen LogP contribution < -0.4 is 4.90 Å². The molecule has 0 aromatic carbocycles. The van der Waals surface area contributed by atoms with Crippen LogP contribution in [0.5, 0.6) is 0 Å². The number of amides is 1. The van der Waals surface area contributed by atoms with Crippen molar-refractivity contribution in [3.8, 4) is 9.88 Å². The highest BCUT2D eigenvalue weighted by molar-refractivity contribution is 7.20. The van der Waals surface area contributed by atoms with Crippen LogP contribution >= 0.6 is 34.0 Å². The number of carbonyl (C=O) groups excluding carboxylic acids is 1. The maximum Gasteiger partial charge on any atom is 0.228 e. The van der Waals surface area contributed by atoms with Gasteiger partial charge in [-0.2, -0.15) is 0 Å². The molecule has 6 nitrogen and oxygen atoms in total. The first-order valence-electron chi connectivity index (χ1n) is 8.97. The van der Waals surface area contributed by atoms with E-state index < -0.39 is 0 Å². The minimum absolute atomic E-state index is 0.144. The van der Waals surface area contributed by atoms with Crippen molar-refractivity contribution in [2.45, 2.75) is 6.42 Å². The van der Waals surface area contributed by atoms with Gasteiger partial charge in [0.15, 0.2) is 0 Å². The molecule has 4 aromatic heterocycles. The average molecular weight is 428 g/mol. The standard InChI is InChI=1S/C19H17N5OS3/c25-16(10-13-11-28-19(22-13)15-2-1-8-26-15)23-4-6-24(7-5-23)17-14-3-9-27-18(14)21-12-20-17/h1-3,8-9,11-12H,4-7,10H2. The zero-order chi connectivity index (χ0) is 18.9. The van der Waals surface area contributed by atoms with Crippen LogP contribution in [-0.2, 0) is 11.2 Å². The monoisotopic (exact) mass is 427 g/mol. The summed E-state index contributed by atoms with van der Waals surface area (Å²) in [6, 6.07) is 6.15. The predicted octanol–water partition coefficient (Wildman–Crippen LogP) is 3.77. The molecule has 1 aliphatic rings. The van der Waals surface area contributed by atoms with Crippen molar-refractivity contribution < 1.29 is 4.79 Å². The molecule has 1 saturated heterocycles. The van der Waals surface area contributed by atoms with Gasteiger partial charge in [-0.15, -0.1) is 34.0 Å². The molecule has 0 aliphatic carbocycles. The van der Waals surface area contributed by atoms with Gasteiger partial charge in [0, 0.05) is 31.6 Å². The van der Waals surface area contributed by atoms with E-state index in [2.05, 4.69) is 32.0 Å². The first kappa shape index (κ1) is 17.7. The lowest BCUT2D eigenvalue weighted by Crippen LogP contribution is -2.49. The normalized spacial score (nSPS) is 14.7. The summed E-state index contributed by atoms with van der Waals surface area (Å²) >= 11 is 4.90. The smallest absolute Gasteiger partial charge is 0.228 e. The van der Waals surface area contributed by atoms with Gasteiger partial charge in [0.25, 0.3) is 0 Å². The van der Waals surface area contributed by atoms with Gasteiger partial charge in [-0.1, -0.05) is 6.07 Å². The zero-order valence-corrected chi connectivity index (χ0v) is 17.4. The highest BCUT2D eigenvalue weighted by Crippen LogP contribution is 2.29. The van der Waals surface area contributed by atoms with Gasteiger partial charge in [0.2, 0.25) is 5.91 Å². The van der Waals surface area contributed by atoms with E-state index in [-0.39, 0.29) is 5.91 Å². The number of carbonyl (C=O) groups is 1. The maximum atomic E-state index is 12.7. The topological polar surface area (TPSA) is 62.2 Å².